The molecule has 5 aromatic rings. The van der Waals surface area contributed by atoms with Gasteiger partial charge in [-0.05, 0) is 36.4 Å². The van der Waals surface area contributed by atoms with E-state index in [4.69, 9.17) is 30.8 Å². The molecule has 8 heteroatoms. The van der Waals surface area contributed by atoms with E-state index < -0.39 is 0 Å². The first-order valence-corrected chi connectivity index (χ1v) is 11.2. The van der Waals surface area contributed by atoms with Crippen LogP contribution in [0.5, 0.6) is 17.2 Å². The Morgan fingerprint density at radius 2 is 1.57 bits per heavy atom. The monoisotopic (exact) mass is 487 g/mol. The maximum Gasteiger partial charge on any atom is 0.274 e. The van der Waals surface area contributed by atoms with Crippen LogP contribution in [0.15, 0.2) is 66.7 Å². The molecule has 176 valence electrons. The van der Waals surface area contributed by atoms with Crippen molar-refractivity contribution in [3.8, 4) is 28.5 Å². The third-order valence-electron chi connectivity index (χ3n) is 5.79. The predicted octanol–water partition coefficient (Wildman–Crippen LogP) is 6.31. The summed E-state index contributed by atoms with van der Waals surface area (Å²) in [5.41, 5.74) is 3.74. The Bertz CT molecular complexity index is 1550. The van der Waals surface area contributed by atoms with E-state index in [1.54, 1.807) is 51.7 Å². The quantitative estimate of drug-likeness (QED) is 0.293. The Morgan fingerprint density at radius 1 is 0.886 bits per heavy atom. The number of carbonyl (C=O) groups excluding carboxylic acids is 1. The number of halogens is 1. The van der Waals surface area contributed by atoms with E-state index in [1.807, 2.05) is 36.4 Å². The molecule has 0 radical (unpaired) electrons. The number of pyridine rings is 1. The third kappa shape index (κ3) is 4.00. The van der Waals surface area contributed by atoms with E-state index in [0.29, 0.717) is 39.2 Å². The van der Waals surface area contributed by atoms with E-state index >= 15 is 0 Å². The number of hydrogen-bond donors (Lipinski definition) is 2. The number of H-pyrrole nitrogens is 1. The normalized spacial score (nSPS) is 11.0. The molecule has 0 aliphatic rings. The van der Waals surface area contributed by atoms with E-state index in [9.17, 15) is 4.79 Å². The molecule has 0 aliphatic heterocycles. The minimum Gasteiger partial charge on any atom is -0.493 e. The summed E-state index contributed by atoms with van der Waals surface area (Å²) >= 11 is 6.25. The van der Waals surface area contributed by atoms with Crippen molar-refractivity contribution in [2.45, 2.75) is 0 Å². The highest BCUT2D eigenvalue weighted by molar-refractivity contribution is 6.34. The molecular formula is C27H22ClN3O4. The number of benzene rings is 3. The second kappa shape index (κ2) is 9.19. The fourth-order valence-corrected chi connectivity index (χ4v) is 4.32. The molecular weight excluding hydrogens is 466 g/mol. The van der Waals surface area contributed by atoms with E-state index in [-0.39, 0.29) is 11.6 Å². The van der Waals surface area contributed by atoms with Gasteiger partial charge in [0.1, 0.15) is 5.69 Å². The molecule has 2 heterocycles. The lowest BCUT2D eigenvalue weighted by Crippen LogP contribution is -2.14. The number of aromatic nitrogens is 2. The lowest BCUT2D eigenvalue weighted by atomic mass is 10.0. The number of para-hydroxylation sites is 2. The summed E-state index contributed by atoms with van der Waals surface area (Å²) in [6.45, 7) is 0. The molecule has 0 atom stereocenters. The SMILES string of the molecule is COc1cc(-c2nc(C(=O)Nc3ccccc3Cl)cc3c2[nH]c2ccccc23)cc(OC)c1OC. The number of methoxy groups -OCH3 is 3. The Labute approximate surface area is 206 Å². The fourth-order valence-electron chi connectivity index (χ4n) is 4.14. The van der Waals surface area contributed by atoms with Gasteiger partial charge >= 0.3 is 0 Å². The maximum absolute atomic E-state index is 13.3. The molecule has 2 aromatic heterocycles. The van der Waals surface area contributed by atoms with Crippen LogP contribution < -0.4 is 19.5 Å². The smallest absolute Gasteiger partial charge is 0.274 e. The summed E-state index contributed by atoms with van der Waals surface area (Å²) in [7, 11) is 4.66. The number of ether oxygens (including phenoxy) is 3. The van der Waals surface area contributed by atoms with Crippen molar-refractivity contribution < 1.29 is 19.0 Å². The Balaban J connectivity index is 1.74. The van der Waals surface area contributed by atoms with Crippen molar-refractivity contribution in [2.75, 3.05) is 26.6 Å². The highest BCUT2D eigenvalue weighted by atomic mass is 35.5. The molecule has 0 bridgehead atoms. The first kappa shape index (κ1) is 22.6. The van der Waals surface area contributed by atoms with Gasteiger partial charge < -0.3 is 24.5 Å². The zero-order valence-electron chi connectivity index (χ0n) is 19.3. The fraction of sp³-hybridized carbons (Fsp3) is 0.111. The Hall–Kier alpha value is -4.23. The van der Waals surface area contributed by atoms with E-state index in [2.05, 4.69) is 10.3 Å². The van der Waals surface area contributed by atoms with Crippen molar-refractivity contribution in [3.63, 3.8) is 0 Å². The average Bonchev–Trinajstić information content (AvgIpc) is 3.27. The summed E-state index contributed by atoms with van der Waals surface area (Å²) < 4.78 is 16.6. The minimum absolute atomic E-state index is 0.242. The molecule has 1 amide bonds. The second-order valence-corrected chi connectivity index (χ2v) is 8.20. The van der Waals surface area contributed by atoms with Crippen LogP contribution in [0.4, 0.5) is 5.69 Å². The topological polar surface area (TPSA) is 85.5 Å². The average molecular weight is 488 g/mol. The maximum atomic E-state index is 13.3. The van der Waals surface area contributed by atoms with Gasteiger partial charge in [0.2, 0.25) is 5.75 Å². The van der Waals surface area contributed by atoms with Crippen LogP contribution in [0.2, 0.25) is 5.02 Å². The van der Waals surface area contributed by atoms with Crippen molar-refractivity contribution in [1.82, 2.24) is 9.97 Å². The zero-order valence-corrected chi connectivity index (χ0v) is 20.1. The van der Waals surface area contributed by atoms with Crippen LogP contribution in [-0.4, -0.2) is 37.2 Å². The van der Waals surface area contributed by atoms with Crippen LogP contribution in [0.1, 0.15) is 10.5 Å². The van der Waals surface area contributed by atoms with Gasteiger partial charge in [-0.2, -0.15) is 0 Å². The molecule has 0 unspecified atom stereocenters. The predicted molar refractivity (Wildman–Crippen MR) is 138 cm³/mol. The van der Waals surface area contributed by atoms with Gasteiger partial charge in [0.15, 0.2) is 11.5 Å². The number of anilines is 1. The van der Waals surface area contributed by atoms with Crippen LogP contribution in [-0.2, 0) is 0 Å². The van der Waals surface area contributed by atoms with Crippen molar-refractivity contribution >= 4 is 45.0 Å². The summed E-state index contributed by atoms with van der Waals surface area (Å²) in [6, 6.07) is 20.4. The first-order valence-electron chi connectivity index (χ1n) is 10.8. The standard InChI is InChI=1S/C27H22ClN3O4/c1-33-22-12-15(13-23(34-2)26(22)35-3)24-25-17(16-8-4-6-10-19(16)29-25)14-21(30-24)27(32)31-20-11-7-5-9-18(20)28/h4-14,29H,1-3H3,(H,31,32). The first-order chi connectivity index (χ1) is 17.0. The third-order valence-corrected chi connectivity index (χ3v) is 6.12. The van der Waals surface area contributed by atoms with Gasteiger partial charge in [-0.3, -0.25) is 4.79 Å². The summed E-state index contributed by atoms with van der Waals surface area (Å²) in [5, 5.41) is 5.15. The van der Waals surface area contributed by atoms with Crippen molar-refractivity contribution in [2.24, 2.45) is 0 Å². The molecule has 5 rings (SSSR count). The molecule has 35 heavy (non-hydrogen) atoms. The number of fused-ring (bicyclic) bond motifs is 3. The molecule has 0 saturated heterocycles. The van der Waals surface area contributed by atoms with Gasteiger partial charge in [-0.15, -0.1) is 0 Å². The minimum atomic E-state index is -0.376. The highest BCUT2D eigenvalue weighted by Gasteiger charge is 2.21. The largest absolute Gasteiger partial charge is 0.493 e. The number of nitrogens with one attached hydrogen (secondary N) is 2. The molecule has 2 N–H and O–H groups in total. The number of amides is 1. The molecule has 7 nitrogen and oxygen atoms in total. The molecule has 0 aliphatic carbocycles. The molecule has 3 aromatic carbocycles. The van der Waals surface area contributed by atoms with E-state index in [1.165, 1.54) is 0 Å². The van der Waals surface area contributed by atoms with Gasteiger partial charge in [0.25, 0.3) is 5.91 Å². The van der Waals surface area contributed by atoms with Crippen molar-refractivity contribution in [3.05, 3.63) is 77.4 Å². The van der Waals surface area contributed by atoms with Crippen LogP contribution in [0.25, 0.3) is 33.1 Å². The van der Waals surface area contributed by atoms with Gasteiger partial charge in [-0.1, -0.05) is 41.9 Å². The number of nitrogens with zero attached hydrogens (tertiary/aromatic N) is 1. The summed E-state index contributed by atoms with van der Waals surface area (Å²) in [5.74, 6) is 1.07. The highest BCUT2D eigenvalue weighted by Crippen LogP contribution is 2.42. The van der Waals surface area contributed by atoms with Gasteiger partial charge in [-0.25, -0.2) is 4.98 Å². The number of rotatable bonds is 6. The summed E-state index contributed by atoms with van der Waals surface area (Å²) in [4.78, 5) is 21.5. The molecule has 0 spiro atoms. The van der Waals surface area contributed by atoms with Gasteiger partial charge in [0, 0.05) is 21.9 Å². The lowest BCUT2D eigenvalue weighted by Gasteiger charge is -2.15. The van der Waals surface area contributed by atoms with E-state index in [0.717, 1.165) is 21.8 Å². The Morgan fingerprint density at radius 3 is 2.26 bits per heavy atom. The number of aromatic amines is 1. The lowest BCUT2D eigenvalue weighted by molar-refractivity contribution is 0.102. The number of hydrogen-bond acceptors (Lipinski definition) is 5. The Kier molecular flexibility index (Phi) is 5.93. The zero-order chi connectivity index (χ0) is 24.5. The number of carbonyl (C=O) groups is 1. The molecule has 0 fully saturated rings. The van der Waals surface area contributed by atoms with Crippen LogP contribution >= 0.6 is 11.6 Å². The molecule has 0 saturated carbocycles. The van der Waals surface area contributed by atoms with Crippen molar-refractivity contribution in [1.29, 1.82) is 0 Å². The second-order valence-electron chi connectivity index (χ2n) is 7.80. The van der Waals surface area contributed by atoms with Crippen LogP contribution in [0.3, 0.4) is 0 Å². The van der Waals surface area contributed by atoms with Crippen LogP contribution in [0, 0.1) is 0 Å². The van der Waals surface area contributed by atoms with Gasteiger partial charge in [0.05, 0.1) is 43.3 Å². The summed E-state index contributed by atoms with van der Waals surface area (Å²) in [6.07, 6.45) is 0.